The first-order valence-electron chi connectivity index (χ1n) is 14.6. The van der Waals surface area contributed by atoms with Crippen LogP contribution in [-0.4, -0.2) is 48.2 Å². The van der Waals surface area contributed by atoms with Gasteiger partial charge in [0.2, 0.25) is 0 Å². The normalized spacial score (nSPS) is 12.1. The second-order valence-corrected chi connectivity index (χ2v) is 10.9. The lowest BCUT2D eigenvalue weighted by Gasteiger charge is -2.34. The van der Waals surface area contributed by atoms with Gasteiger partial charge in [-0.15, -0.1) is 0 Å². The molecule has 0 aliphatic heterocycles. The molecular formula is C35H45NO5. The van der Waals surface area contributed by atoms with Crippen molar-refractivity contribution in [2.75, 3.05) is 20.2 Å². The van der Waals surface area contributed by atoms with Crippen molar-refractivity contribution in [3.8, 4) is 5.75 Å². The van der Waals surface area contributed by atoms with Gasteiger partial charge in [-0.2, -0.15) is 0 Å². The van der Waals surface area contributed by atoms with Crippen LogP contribution < -0.4 is 4.74 Å². The van der Waals surface area contributed by atoms with Crippen LogP contribution in [0.2, 0.25) is 0 Å². The van der Waals surface area contributed by atoms with Gasteiger partial charge >= 0.3 is 5.97 Å². The van der Waals surface area contributed by atoms with Crippen LogP contribution >= 0.6 is 0 Å². The predicted molar refractivity (Wildman–Crippen MR) is 166 cm³/mol. The summed E-state index contributed by atoms with van der Waals surface area (Å²) in [6, 6.07) is 18.5. The monoisotopic (exact) mass is 559 g/mol. The molecule has 0 saturated carbocycles. The molecule has 6 heteroatoms. The van der Waals surface area contributed by atoms with Crippen molar-refractivity contribution < 1.29 is 24.2 Å². The molecule has 1 atom stereocenters. The van der Waals surface area contributed by atoms with E-state index in [1.165, 1.54) is 16.0 Å². The SMILES string of the molecule is CCOC(=O)CN(C)C(=O)c1ccc2cc(C(CC)(CC)c3ccc(OC(CC)C(O)=C(C)C)c(C)c3)ccc2c1. The first-order chi connectivity index (χ1) is 19.5. The standard InChI is InChI=1S/C35H45NO5/c1-9-30(33(38)23(5)6)41-31-18-17-28(19-24(31)7)35(10-2,11-3)29-16-15-25-20-27(14-13-26(25)21-29)34(39)36(8)22-32(37)40-12-4/h13-21,30,38H,9-12,22H2,1-8H3. The summed E-state index contributed by atoms with van der Waals surface area (Å²) >= 11 is 0. The maximum atomic E-state index is 12.9. The molecule has 220 valence electrons. The Morgan fingerprint density at radius 1 is 0.902 bits per heavy atom. The molecule has 3 aromatic rings. The van der Waals surface area contributed by atoms with E-state index in [0.29, 0.717) is 17.7 Å². The Morgan fingerprint density at radius 2 is 1.51 bits per heavy atom. The maximum Gasteiger partial charge on any atom is 0.325 e. The van der Waals surface area contributed by atoms with Gasteiger partial charge in [-0.05, 0) is 98.2 Å². The number of aliphatic hydroxyl groups is 1. The number of carbonyl (C=O) groups excluding carboxylic acids is 2. The average molecular weight is 560 g/mol. The zero-order valence-electron chi connectivity index (χ0n) is 25.8. The average Bonchev–Trinajstić information content (AvgIpc) is 2.96. The van der Waals surface area contributed by atoms with Crippen LogP contribution in [0.25, 0.3) is 10.8 Å². The van der Waals surface area contributed by atoms with Crippen molar-refractivity contribution >= 4 is 22.6 Å². The molecule has 0 aromatic heterocycles. The lowest BCUT2D eigenvalue weighted by Crippen LogP contribution is -2.33. The van der Waals surface area contributed by atoms with Gasteiger partial charge in [-0.3, -0.25) is 9.59 Å². The molecule has 1 unspecified atom stereocenters. The molecule has 3 aromatic carbocycles. The van der Waals surface area contributed by atoms with Gasteiger partial charge < -0.3 is 19.5 Å². The fourth-order valence-electron chi connectivity index (χ4n) is 5.49. The zero-order valence-corrected chi connectivity index (χ0v) is 25.8. The molecule has 6 nitrogen and oxygen atoms in total. The van der Waals surface area contributed by atoms with Gasteiger partial charge in [0.05, 0.1) is 6.61 Å². The Labute approximate surface area is 245 Å². The number of carbonyl (C=O) groups is 2. The molecule has 0 aliphatic rings. The van der Waals surface area contributed by atoms with Crippen LogP contribution in [0, 0.1) is 6.92 Å². The van der Waals surface area contributed by atoms with E-state index in [1.54, 1.807) is 14.0 Å². The zero-order chi connectivity index (χ0) is 30.3. The van der Waals surface area contributed by atoms with E-state index in [4.69, 9.17) is 9.47 Å². The molecule has 3 rings (SSSR count). The summed E-state index contributed by atoms with van der Waals surface area (Å²) in [7, 11) is 1.61. The van der Waals surface area contributed by atoms with E-state index in [2.05, 4.69) is 51.1 Å². The number of hydrogen-bond acceptors (Lipinski definition) is 5. The van der Waals surface area contributed by atoms with Crippen LogP contribution in [0.3, 0.4) is 0 Å². The molecule has 0 radical (unpaired) electrons. The number of amides is 1. The van der Waals surface area contributed by atoms with Crippen LogP contribution in [0.4, 0.5) is 0 Å². The highest BCUT2D eigenvalue weighted by atomic mass is 16.5. The third kappa shape index (κ3) is 6.92. The number of benzene rings is 3. The molecule has 0 bridgehead atoms. The third-order valence-corrected chi connectivity index (χ3v) is 8.05. The highest BCUT2D eigenvalue weighted by Gasteiger charge is 2.31. The minimum absolute atomic E-state index is 0.0857. The molecule has 0 fully saturated rings. The Kier molecular flexibility index (Phi) is 10.6. The number of aliphatic hydroxyl groups excluding tert-OH is 1. The van der Waals surface area contributed by atoms with E-state index < -0.39 is 5.97 Å². The maximum absolute atomic E-state index is 12.9. The van der Waals surface area contributed by atoms with Gasteiger partial charge in [0, 0.05) is 18.0 Å². The summed E-state index contributed by atoms with van der Waals surface area (Å²) in [4.78, 5) is 26.1. The van der Waals surface area contributed by atoms with Gasteiger partial charge in [0.15, 0.2) is 6.10 Å². The summed E-state index contributed by atoms with van der Waals surface area (Å²) in [5.74, 6) is 0.425. The second kappa shape index (κ2) is 13.7. The number of aryl methyl sites for hydroxylation is 1. The smallest absolute Gasteiger partial charge is 0.325 e. The van der Waals surface area contributed by atoms with Crippen molar-refractivity contribution in [1.29, 1.82) is 0 Å². The topological polar surface area (TPSA) is 76.1 Å². The van der Waals surface area contributed by atoms with E-state index in [1.807, 2.05) is 45.0 Å². The number of rotatable bonds is 12. The molecule has 1 N–H and O–H groups in total. The second-order valence-electron chi connectivity index (χ2n) is 10.9. The van der Waals surface area contributed by atoms with Gasteiger partial charge in [0.25, 0.3) is 5.91 Å². The largest absolute Gasteiger partial charge is 0.508 e. The fourth-order valence-corrected chi connectivity index (χ4v) is 5.49. The fraction of sp³-hybridized carbons (Fsp3) is 0.429. The van der Waals surface area contributed by atoms with Gasteiger partial charge in [-0.25, -0.2) is 0 Å². The van der Waals surface area contributed by atoms with Crippen molar-refractivity contribution in [2.24, 2.45) is 0 Å². The molecule has 0 aliphatic carbocycles. The summed E-state index contributed by atoms with van der Waals surface area (Å²) in [5, 5.41) is 12.5. The number of likely N-dealkylation sites (N-methyl/N-ethyl adjacent to an activating group) is 1. The minimum atomic E-state index is -0.421. The van der Waals surface area contributed by atoms with Crippen LogP contribution in [-0.2, 0) is 14.9 Å². The summed E-state index contributed by atoms with van der Waals surface area (Å²) in [6.45, 7) is 14.2. The van der Waals surface area contributed by atoms with E-state index in [0.717, 1.165) is 40.5 Å². The quantitative estimate of drug-likeness (QED) is 0.180. The predicted octanol–water partition coefficient (Wildman–Crippen LogP) is 7.90. The number of hydrogen-bond donors (Lipinski definition) is 1. The Bertz CT molecular complexity index is 1420. The Hall–Kier alpha value is -3.80. The molecule has 41 heavy (non-hydrogen) atoms. The van der Waals surface area contributed by atoms with Crippen molar-refractivity contribution in [3.05, 3.63) is 88.2 Å². The Morgan fingerprint density at radius 3 is 2.10 bits per heavy atom. The molecular weight excluding hydrogens is 514 g/mol. The third-order valence-electron chi connectivity index (χ3n) is 8.05. The molecule has 0 saturated heterocycles. The van der Waals surface area contributed by atoms with E-state index in [-0.39, 0.29) is 30.6 Å². The van der Waals surface area contributed by atoms with E-state index >= 15 is 0 Å². The minimum Gasteiger partial charge on any atom is -0.508 e. The number of esters is 1. The first-order valence-corrected chi connectivity index (χ1v) is 14.6. The van der Waals surface area contributed by atoms with Crippen LogP contribution in [0.15, 0.2) is 65.9 Å². The van der Waals surface area contributed by atoms with Crippen LogP contribution in [0.5, 0.6) is 5.75 Å². The van der Waals surface area contributed by atoms with E-state index in [9.17, 15) is 14.7 Å². The summed E-state index contributed by atoms with van der Waals surface area (Å²) in [5.41, 5.74) is 4.67. The number of ether oxygens (including phenoxy) is 2. The van der Waals surface area contributed by atoms with Crippen molar-refractivity contribution in [1.82, 2.24) is 4.90 Å². The lowest BCUT2D eigenvalue weighted by atomic mass is 9.70. The first kappa shape index (κ1) is 31.7. The van der Waals surface area contributed by atoms with Crippen molar-refractivity contribution in [3.63, 3.8) is 0 Å². The number of fused-ring (bicyclic) bond motifs is 1. The molecule has 0 heterocycles. The summed E-state index contributed by atoms with van der Waals surface area (Å²) < 4.78 is 11.2. The highest BCUT2D eigenvalue weighted by Crippen LogP contribution is 2.41. The van der Waals surface area contributed by atoms with Gasteiger partial charge in [0.1, 0.15) is 18.1 Å². The molecule has 1 amide bonds. The number of nitrogens with zero attached hydrogens (tertiary/aromatic N) is 1. The van der Waals surface area contributed by atoms with Crippen LogP contribution in [0.1, 0.15) is 87.9 Å². The Balaban J connectivity index is 1.93. The number of allylic oxidation sites excluding steroid dienone is 1. The summed E-state index contributed by atoms with van der Waals surface area (Å²) in [6.07, 6.45) is 2.15. The lowest BCUT2D eigenvalue weighted by molar-refractivity contribution is -0.143. The van der Waals surface area contributed by atoms with Gasteiger partial charge in [-0.1, -0.05) is 57.2 Å². The van der Waals surface area contributed by atoms with Crippen molar-refractivity contribution in [2.45, 2.75) is 79.2 Å². The molecule has 0 spiro atoms. The highest BCUT2D eigenvalue weighted by molar-refractivity contribution is 5.99.